The molecule has 28 heavy (non-hydrogen) atoms. The van der Waals surface area contributed by atoms with Crippen molar-refractivity contribution in [1.82, 2.24) is 4.98 Å². The molecule has 0 aliphatic heterocycles. The van der Waals surface area contributed by atoms with Crippen LogP contribution in [-0.2, 0) is 0 Å². The van der Waals surface area contributed by atoms with E-state index in [1.165, 1.54) is 18.3 Å². The monoisotopic (exact) mass is 382 g/mol. The Morgan fingerprint density at radius 3 is 2.54 bits per heavy atom. The highest BCUT2D eigenvalue weighted by molar-refractivity contribution is 6.32. The van der Waals surface area contributed by atoms with Crippen molar-refractivity contribution >= 4 is 23.1 Å². The number of halogens is 1. The predicted molar refractivity (Wildman–Crippen MR) is 110 cm³/mol. The van der Waals surface area contributed by atoms with E-state index in [2.05, 4.69) is 21.9 Å². The zero-order chi connectivity index (χ0) is 20.7. The van der Waals surface area contributed by atoms with Crippen molar-refractivity contribution in [1.29, 1.82) is 0 Å². The van der Waals surface area contributed by atoms with Gasteiger partial charge in [0, 0.05) is 41.3 Å². The average molecular weight is 382 g/mol. The summed E-state index contributed by atoms with van der Waals surface area (Å²) in [7, 11) is 0. The summed E-state index contributed by atoms with van der Waals surface area (Å²) < 4.78 is 14.3. The lowest BCUT2D eigenvalue weighted by Crippen LogP contribution is -2.13. The lowest BCUT2D eigenvalue weighted by molar-refractivity contribution is 0.0692. The minimum atomic E-state index is -1.33. The summed E-state index contributed by atoms with van der Waals surface area (Å²) in [6, 6.07) is 7.51. The molecule has 2 aromatic rings. The molecule has 0 saturated carbocycles. The van der Waals surface area contributed by atoms with Gasteiger partial charge in [0.1, 0.15) is 11.6 Å². The first-order chi connectivity index (χ1) is 13.4. The molecular formula is C21H23FN4O2. The number of carbonyl (C=O) groups is 1. The van der Waals surface area contributed by atoms with Gasteiger partial charge in [0.25, 0.3) is 0 Å². The number of allylic oxidation sites excluding steroid dienone is 2. The molecule has 2 rings (SSSR count). The van der Waals surface area contributed by atoms with Crippen LogP contribution in [0, 0.1) is 5.82 Å². The van der Waals surface area contributed by atoms with Crippen molar-refractivity contribution < 1.29 is 14.3 Å². The van der Waals surface area contributed by atoms with Crippen LogP contribution in [-0.4, -0.2) is 28.3 Å². The highest BCUT2D eigenvalue weighted by Gasteiger charge is 2.19. The first-order valence-corrected chi connectivity index (χ1v) is 8.84. The maximum atomic E-state index is 14.3. The van der Waals surface area contributed by atoms with Crippen LogP contribution in [0.5, 0.6) is 0 Å². The largest absolute Gasteiger partial charge is 0.478 e. The number of aromatic nitrogens is 1. The third-order valence-corrected chi connectivity index (χ3v) is 4.04. The molecule has 146 valence electrons. The third kappa shape index (κ3) is 4.62. The van der Waals surface area contributed by atoms with Crippen molar-refractivity contribution in [3.05, 3.63) is 77.5 Å². The SMILES string of the molecule is C=CN=C(/C(=C(\N)CC)c1ccc(NCC)nc1)c1ccc(C(=O)O)c(F)c1. The van der Waals surface area contributed by atoms with Gasteiger partial charge >= 0.3 is 5.97 Å². The van der Waals surface area contributed by atoms with E-state index in [-0.39, 0.29) is 0 Å². The van der Waals surface area contributed by atoms with E-state index in [0.717, 1.165) is 18.4 Å². The van der Waals surface area contributed by atoms with E-state index >= 15 is 0 Å². The van der Waals surface area contributed by atoms with Gasteiger partial charge in [-0.25, -0.2) is 14.2 Å². The van der Waals surface area contributed by atoms with Crippen molar-refractivity contribution in [3.8, 4) is 0 Å². The van der Waals surface area contributed by atoms with E-state index in [9.17, 15) is 9.18 Å². The topological polar surface area (TPSA) is 101 Å². The molecule has 6 nitrogen and oxygen atoms in total. The van der Waals surface area contributed by atoms with Crippen LogP contribution in [0.1, 0.15) is 41.8 Å². The molecule has 0 atom stereocenters. The van der Waals surface area contributed by atoms with Crippen LogP contribution in [0.4, 0.5) is 10.2 Å². The molecule has 0 spiro atoms. The Balaban J connectivity index is 2.62. The van der Waals surface area contributed by atoms with Gasteiger partial charge in [-0.2, -0.15) is 0 Å². The maximum absolute atomic E-state index is 14.3. The number of hydrogen-bond acceptors (Lipinski definition) is 5. The fourth-order valence-electron chi connectivity index (χ4n) is 2.69. The molecule has 1 heterocycles. The fourth-order valence-corrected chi connectivity index (χ4v) is 2.69. The van der Waals surface area contributed by atoms with E-state index in [1.54, 1.807) is 6.20 Å². The van der Waals surface area contributed by atoms with E-state index < -0.39 is 17.3 Å². The molecule has 0 aliphatic carbocycles. The fraction of sp³-hybridized carbons (Fsp3) is 0.190. The average Bonchev–Trinajstić information content (AvgIpc) is 2.68. The Morgan fingerprint density at radius 1 is 1.32 bits per heavy atom. The Kier molecular flexibility index (Phi) is 7.03. The van der Waals surface area contributed by atoms with Crippen molar-refractivity contribution in [2.45, 2.75) is 20.3 Å². The van der Waals surface area contributed by atoms with Gasteiger partial charge in [-0.05, 0) is 37.6 Å². The van der Waals surface area contributed by atoms with Crippen LogP contribution >= 0.6 is 0 Å². The van der Waals surface area contributed by atoms with E-state index in [4.69, 9.17) is 10.8 Å². The number of nitrogens with zero attached hydrogens (tertiary/aromatic N) is 2. The molecule has 4 N–H and O–H groups in total. The number of nitrogens with two attached hydrogens (primary N) is 1. The number of aliphatic imine (C=N–C) groups is 1. The summed E-state index contributed by atoms with van der Waals surface area (Å²) >= 11 is 0. The zero-order valence-corrected chi connectivity index (χ0v) is 15.9. The van der Waals surface area contributed by atoms with Gasteiger partial charge in [0.05, 0.1) is 11.3 Å². The van der Waals surface area contributed by atoms with Crippen molar-refractivity contribution in [2.75, 3.05) is 11.9 Å². The summed E-state index contributed by atoms with van der Waals surface area (Å²) in [6.45, 7) is 8.24. The Labute approximate surface area is 163 Å². The first-order valence-electron chi connectivity index (χ1n) is 8.84. The normalized spacial score (nSPS) is 12.3. The van der Waals surface area contributed by atoms with Crippen LogP contribution in [0.25, 0.3) is 5.57 Å². The number of aromatic carboxylic acids is 1. The summed E-state index contributed by atoms with van der Waals surface area (Å²) in [5, 5.41) is 12.2. The second kappa shape index (κ2) is 9.45. The second-order valence-electron chi connectivity index (χ2n) is 5.88. The molecule has 1 aromatic heterocycles. The van der Waals surface area contributed by atoms with Gasteiger partial charge in [-0.3, -0.25) is 4.99 Å². The number of hydrogen-bond donors (Lipinski definition) is 3. The van der Waals surface area contributed by atoms with Crippen molar-refractivity contribution in [3.63, 3.8) is 0 Å². The molecular weight excluding hydrogens is 359 g/mol. The third-order valence-electron chi connectivity index (χ3n) is 4.04. The first kappa shape index (κ1) is 20.8. The van der Waals surface area contributed by atoms with Crippen molar-refractivity contribution in [2.24, 2.45) is 10.7 Å². The molecule has 1 aromatic carbocycles. The molecule has 0 radical (unpaired) electrons. The highest BCUT2D eigenvalue weighted by atomic mass is 19.1. The Bertz CT molecular complexity index is 934. The predicted octanol–water partition coefficient (Wildman–Crippen LogP) is 4.06. The van der Waals surface area contributed by atoms with Gasteiger partial charge in [0.2, 0.25) is 0 Å². The van der Waals surface area contributed by atoms with E-state index in [0.29, 0.717) is 34.5 Å². The number of nitrogens with one attached hydrogen (secondary N) is 1. The lowest BCUT2D eigenvalue weighted by Gasteiger charge is -2.15. The number of carboxylic acids is 1. The quantitative estimate of drug-likeness (QED) is 0.598. The van der Waals surface area contributed by atoms with E-state index in [1.807, 2.05) is 26.0 Å². The zero-order valence-electron chi connectivity index (χ0n) is 15.9. The highest BCUT2D eigenvalue weighted by Crippen LogP contribution is 2.26. The number of anilines is 1. The van der Waals surface area contributed by atoms with Crippen LogP contribution in [0.15, 0.2) is 60.0 Å². The van der Waals surface area contributed by atoms with Crippen LogP contribution < -0.4 is 11.1 Å². The summed E-state index contributed by atoms with van der Waals surface area (Å²) in [5.74, 6) is -1.46. The number of carboxylic acid groups (broad SMARTS) is 1. The molecule has 7 heteroatoms. The second-order valence-corrected chi connectivity index (χ2v) is 5.88. The summed E-state index contributed by atoms with van der Waals surface area (Å²) in [4.78, 5) is 19.8. The maximum Gasteiger partial charge on any atom is 0.338 e. The molecule has 0 fully saturated rings. The number of pyridine rings is 1. The van der Waals surface area contributed by atoms with Gasteiger partial charge in [-0.1, -0.05) is 19.6 Å². The lowest BCUT2D eigenvalue weighted by atomic mass is 9.93. The number of rotatable bonds is 8. The van der Waals surface area contributed by atoms with Gasteiger partial charge < -0.3 is 16.2 Å². The van der Waals surface area contributed by atoms with Gasteiger partial charge in [-0.15, -0.1) is 0 Å². The summed E-state index contributed by atoms with van der Waals surface area (Å²) in [5.41, 5.74) is 8.49. The van der Waals surface area contributed by atoms with Crippen LogP contribution in [0.3, 0.4) is 0 Å². The Hall–Kier alpha value is -3.48. The smallest absolute Gasteiger partial charge is 0.338 e. The minimum absolute atomic E-state index is 0.392. The molecule has 0 aliphatic rings. The molecule has 0 amide bonds. The molecule has 0 unspecified atom stereocenters. The molecule has 0 bridgehead atoms. The Morgan fingerprint density at radius 2 is 2.04 bits per heavy atom. The molecule has 0 saturated heterocycles. The van der Waals surface area contributed by atoms with Gasteiger partial charge in [0.15, 0.2) is 0 Å². The number of benzene rings is 1. The summed E-state index contributed by atoms with van der Waals surface area (Å²) in [6.07, 6.45) is 3.54. The van der Waals surface area contributed by atoms with Crippen LogP contribution in [0.2, 0.25) is 0 Å². The minimum Gasteiger partial charge on any atom is -0.478 e. The standard InChI is InChI=1S/C21H23FN4O2/c1-4-17(23)19(14-8-10-18(24-5-2)26-12-14)20(25-6-3)13-7-9-15(21(27)28)16(22)11-13/h6-12H,3-5,23H2,1-2H3,(H,24,26)(H,27,28)/b19-17-,25-20?.